The van der Waals surface area contributed by atoms with Crippen molar-refractivity contribution in [1.82, 2.24) is 5.48 Å². The van der Waals surface area contributed by atoms with Crippen LogP contribution >= 0.6 is 12.0 Å². The van der Waals surface area contributed by atoms with Gasteiger partial charge in [-0.3, -0.25) is 9.59 Å². The summed E-state index contributed by atoms with van der Waals surface area (Å²) in [5.74, 6) is 1.20. The van der Waals surface area contributed by atoms with Gasteiger partial charge in [0, 0.05) is 35.0 Å². The Labute approximate surface area is 137 Å². The molecule has 0 aromatic heterocycles. The first-order valence-corrected chi connectivity index (χ1v) is 8.87. The van der Waals surface area contributed by atoms with Crippen LogP contribution in [0.5, 0.6) is 0 Å². The topological polar surface area (TPSA) is 64.6 Å². The van der Waals surface area contributed by atoms with Crippen LogP contribution < -0.4 is 5.48 Å². The fraction of sp³-hybridized carbons (Fsp3) is 0.875. The van der Waals surface area contributed by atoms with Crippen molar-refractivity contribution < 1.29 is 18.9 Å². The third-order valence-electron chi connectivity index (χ3n) is 6.16. The lowest BCUT2D eigenvalue weighted by Crippen LogP contribution is -2.39. The van der Waals surface area contributed by atoms with Crippen molar-refractivity contribution in [3.8, 4) is 0 Å². The van der Waals surface area contributed by atoms with Crippen molar-refractivity contribution in [3.63, 3.8) is 0 Å². The second-order valence-corrected chi connectivity index (χ2v) is 8.41. The number of ketones is 1. The molecule has 6 heteroatoms. The van der Waals surface area contributed by atoms with E-state index in [1.165, 1.54) is 0 Å². The Morgan fingerprint density at radius 2 is 2.14 bits per heavy atom. The molecule has 1 N–H and O–H groups in total. The highest BCUT2D eigenvalue weighted by atomic mass is 32.2. The SMILES string of the molecule is CCC(C)(C)C(=O)NOOSCC12CCC(CC1=O)C2(C)C. The molecule has 2 bridgehead atoms. The van der Waals surface area contributed by atoms with E-state index < -0.39 is 5.41 Å². The Bertz CT molecular complexity index is 463. The minimum absolute atomic E-state index is 0.0217. The van der Waals surface area contributed by atoms with Crippen molar-refractivity contribution in [2.45, 2.75) is 60.3 Å². The average molecular weight is 329 g/mol. The van der Waals surface area contributed by atoms with Crippen molar-refractivity contribution in [2.75, 3.05) is 5.75 Å². The molecule has 0 aromatic rings. The van der Waals surface area contributed by atoms with Gasteiger partial charge in [-0.25, -0.2) is 5.48 Å². The van der Waals surface area contributed by atoms with Gasteiger partial charge in [-0.2, -0.15) is 0 Å². The van der Waals surface area contributed by atoms with Crippen LogP contribution in [0.25, 0.3) is 0 Å². The summed E-state index contributed by atoms with van der Waals surface area (Å²) in [4.78, 5) is 29.0. The Kier molecular flexibility index (Phi) is 4.95. The molecule has 1 amide bonds. The molecule has 2 aliphatic carbocycles. The predicted octanol–water partition coefficient (Wildman–Crippen LogP) is 3.45. The van der Waals surface area contributed by atoms with Gasteiger partial charge in [-0.05, 0) is 30.6 Å². The van der Waals surface area contributed by atoms with Crippen LogP contribution in [0, 0.1) is 22.2 Å². The zero-order chi connectivity index (χ0) is 16.6. The highest BCUT2D eigenvalue weighted by molar-refractivity contribution is 7.94. The molecule has 126 valence electrons. The smallest absolute Gasteiger partial charge is 0.251 e. The molecule has 2 rings (SSSR count). The summed E-state index contributed by atoms with van der Waals surface area (Å²) in [5.41, 5.74) is 1.53. The van der Waals surface area contributed by atoms with Gasteiger partial charge in [0.25, 0.3) is 5.91 Å². The number of Topliss-reactive ketones (excluding diaryl/α,β-unsaturated/α-hetero) is 1. The van der Waals surface area contributed by atoms with Gasteiger partial charge in [0.1, 0.15) is 5.78 Å². The molecule has 0 aromatic carbocycles. The first-order chi connectivity index (χ1) is 10.2. The molecule has 2 saturated carbocycles. The van der Waals surface area contributed by atoms with E-state index in [9.17, 15) is 9.59 Å². The van der Waals surface area contributed by atoms with Crippen molar-refractivity contribution >= 4 is 23.7 Å². The zero-order valence-corrected chi connectivity index (χ0v) is 15.0. The molecule has 5 nitrogen and oxygen atoms in total. The molecule has 0 spiro atoms. The normalized spacial score (nSPS) is 29.9. The number of hydroxylamine groups is 1. The van der Waals surface area contributed by atoms with E-state index in [0.717, 1.165) is 24.9 Å². The van der Waals surface area contributed by atoms with Crippen LogP contribution in [0.1, 0.15) is 60.3 Å². The fourth-order valence-corrected chi connectivity index (χ4v) is 4.62. The highest BCUT2D eigenvalue weighted by Gasteiger charge is 2.63. The lowest BCUT2D eigenvalue weighted by Gasteiger charge is -2.35. The van der Waals surface area contributed by atoms with Crippen LogP contribution in [0.3, 0.4) is 0 Å². The summed E-state index contributed by atoms with van der Waals surface area (Å²) in [7, 11) is 0. The summed E-state index contributed by atoms with van der Waals surface area (Å²) in [5, 5.41) is 0. The first kappa shape index (κ1) is 17.8. The third kappa shape index (κ3) is 2.81. The van der Waals surface area contributed by atoms with Crippen molar-refractivity contribution in [3.05, 3.63) is 0 Å². The number of rotatable bonds is 7. The molecule has 0 aliphatic heterocycles. The summed E-state index contributed by atoms with van der Waals surface area (Å²) >= 11 is 1.11. The minimum Gasteiger partial charge on any atom is -0.299 e. The van der Waals surface area contributed by atoms with E-state index in [2.05, 4.69) is 19.3 Å². The summed E-state index contributed by atoms with van der Waals surface area (Å²) in [6.45, 7) is 10.00. The monoisotopic (exact) mass is 329 g/mol. The van der Waals surface area contributed by atoms with Crippen LogP contribution in [-0.4, -0.2) is 17.4 Å². The largest absolute Gasteiger partial charge is 0.299 e. The molecule has 2 unspecified atom stereocenters. The maximum absolute atomic E-state index is 12.3. The molecule has 2 aliphatic rings. The maximum Gasteiger partial charge on any atom is 0.251 e. The third-order valence-corrected chi connectivity index (χ3v) is 6.93. The molecule has 0 radical (unpaired) electrons. The average Bonchev–Trinajstić information content (AvgIpc) is 2.81. The van der Waals surface area contributed by atoms with Crippen LogP contribution in [-0.2, 0) is 18.9 Å². The Balaban J connectivity index is 1.78. The highest BCUT2D eigenvalue weighted by Crippen LogP contribution is 2.64. The van der Waals surface area contributed by atoms with Gasteiger partial charge in [0.2, 0.25) is 0 Å². The van der Waals surface area contributed by atoms with E-state index in [1.54, 1.807) is 0 Å². The Morgan fingerprint density at radius 1 is 1.45 bits per heavy atom. The number of carbonyl (C=O) groups excluding carboxylic acids is 2. The molecule has 0 heterocycles. The van der Waals surface area contributed by atoms with Crippen LogP contribution in [0.2, 0.25) is 0 Å². The first-order valence-electron chi connectivity index (χ1n) is 7.96. The van der Waals surface area contributed by atoms with Gasteiger partial charge >= 0.3 is 0 Å². The van der Waals surface area contributed by atoms with Crippen LogP contribution in [0.15, 0.2) is 0 Å². The predicted molar refractivity (Wildman–Crippen MR) is 85.4 cm³/mol. The number of hydrogen-bond donors (Lipinski definition) is 1. The standard InChI is InChI=1S/C16H27NO4S/c1-6-14(2,3)13(19)17-20-21-22-10-16-8-7-11(9-12(16)18)15(16,4)5/h11H,6-10H2,1-5H3,(H,17,19). The summed E-state index contributed by atoms with van der Waals surface area (Å²) in [6.07, 6.45) is 3.44. The molecule has 2 atom stereocenters. The van der Waals surface area contributed by atoms with E-state index in [1.807, 2.05) is 20.8 Å². The van der Waals surface area contributed by atoms with Crippen LogP contribution in [0.4, 0.5) is 0 Å². The quantitative estimate of drug-likeness (QED) is 0.335. The lowest BCUT2D eigenvalue weighted by molar-refractivity contribution is -0.245. The number of nitrogens with one attached hydrogen (secondary N) is 1. The van der Waals surface area contributed by atoms with E-state index >= 15 is 0 Å². The lowest BCUT2D eigenvalue weighted by atomic mass is 9.70. The molecular formula is C16H27NO4S. The molecular weight excluding hydrogens is 302 g/mol. The summed E-state index contributed by atoms with van der Waals surface area (Å²) < 4.78 is 5.03. The van der Waals surface area contributed by atoms with Crippen molar-refractivity contribution in [1.29, 1.82) is 0 Å². The van der Waals surface area contributed by atoms with Gasteiger partial charge in [0.15, 0.2) is 0 Å². The second kappa shape index (κ2) is 6.13. The maximum atomic E-state index is 12.3. The van der Waals surface area contributed by atoms with Crippen molar-refractivity contribution in [2.24, 2.45) is 22.2 Å². The van der Waals surface area contributed by atoms with Gasteiger partial charge in [-0.1, -0.05) is 39.6 Å². The fourth-order valence-electron chi connectivity index (χ4n) is 3.61. The van der Waals surface area contributed by atoms with Gasteiger partial charge in [0.05, 0.1) is 0 Å². The second-order valence-electron chi connectivity index (χ2n) is 7.75. The van der Waals surface area contributed by atoms with E-state index in [4.69, 9.17) is 9.32 Å². The van der Waals surface area contributed by atoms with Gasteiger partial charge < -0.3 is 0 Å². The van der Waals surface area contributed by atoms with E-state index in [0.29, 0.717) is 30.3 Å². The van der Waals surface area contributed by atoms with E-state index in [-0.39, 0.29) is 16.7 Å². The molecule has 22 heavy (non-hydrogen) atoms. The Morgan fingerprint density at radius 3 is 2.64 bits per heavy atom. The molecule has 2 fully saturated rings. The Hall–Kier alpha value is -0.590. The number of fused-ring (bicyclic) bond motifs is 2. The minimum atomic E-state index is -0.491. The zero-order valence-electron chi connectivity index (χ0n) is 14.2. The summed E-state index contributed by atoms with van der Waals surface area (Å²) in [6, 6.07) is 0. The van der Waals surface area contributed by atoms with Gasteiger partial charge in [-0.15, -0.1) is 4.33 Å². The number of carbonyl (C=O) groups is 2. The number of amides is 1. The molecule has 0 saturated heterocycles. The number of hydrogen-bond acceptors (Lipinski definition) is 5.